The van der Waals surface area contributed by atoms with Crippen molar-refractivity contribution in [2.45, 2.75) is 38.5 Å². The van der Waals surface area contributed by atoms with Crippen LogP contribution in [-0.2, 0) is 10.0 Å². The van der Waals surface area contributed by atoms with Gasteiger partial charge in [-0.2, -0.15) is 0 Å². The first kappa shape index (κ1) is 20.3. The van der Waals surface area contributed by atoms with Crippen LogP contribution in [-0.4, -0.2) is 36.9 Å². The largest absolute Gasteiger partial charge is 0.360 e. The molecule has 1 aliphatic heterocycles. The summed E-state index contributed by atoms with van der Waals surface area (Å²) in [4.78, 5) is 2.34. The Balaban J connectivity index is 1.47. The first-order valence-corrected chi connectivity index (χ1v) is 11.5. The monoisotopic (exact) mass is 427 g/mol. The molecule has 3 aromatic rings. The molecule has 2 aromatic heterocycles. The lowest BCUT2D eigenvalue weighted by Gasteiger charge is -2.30. The molecule has 0 saturated carbocycles. The van der Waals surface area contributed by atoms with Gasteiger partial charge in [0.05, 0.1) is 5.69 Å². The molecule has 158 valence electrons. The van der Waals surface area contributed by atoms with Gasteiger partial charge >= 0.3 is 0 Å². The van der Waals surface area contributed by atoms with Crippen LogP contribution in [0, 0.1) is 19.8 Å². The van der Waals surface area contributed by atoms with Crippen LogP contribution >= 0.6 is 0 Å². The van der Waals surface area contributed by atoms with Gasteiger partial charge in [-0.05, 0) is 56.9 Å². The highest BCUT2D eigenvalue weighted by molar-refractivity contribution is 7.92. The number of sulfonamides is 1. The van der Waals surface area contributed by atoms with E-state index in [9.17, 15) is 8.42 Å². The number of nitrogens with zero attached hydrogens (tertiary/aromatic N) is 4. The van der Waals surface area contributed by atoms with E-state index in [-0.39, 0.29) is 10.7 Å². The van der Waals surface area contributed by atoms with Crippen molar-refractivity contribution in [3.8, 4) is 11.3 Å². The molecule has 9 heteroatoms. The Morgan fingerprint density at radius 3 is 2.30 bits per heavy atom. The predicted octanol–water partition coefficient (Wildman–Crippen LogP) is 3.79. The molecule has 1 N–H and O–H groups in total. The van der Waals surface area contributed by atoms with Gasteiger partial charge in [-0.1, -0.05) is 24.2 Å². The van der Waals surface area contributed by atoms with E-state index in [1.165, 1.54) is 12.8 Å². The van der Waals surface area contributed by atoms with E-state index in [4.69, 9.17) is 4.52 Å². The molecular formula is C21H25N5O3S. The average molecular weight is 428 g/mol. The van der Waals surface area contributed by atoms with Crippen molar-refractivity contribution in [2.24, 2.45) is 5.92 Å². The van der Waals surface area contributed by atoms with Gasteiger partial charge in [0.25, 0.3) is 10.0 Å². The summed E-state index contributed by atoms with van der Waals surface area (Å²) in [5.74, 6) is 1.92. The second-order valence-corrected chi connectivity index (χ2v) is 9.40. The predicted molar refractivity (Wildman–Crippen MR) is 115 cm³/mol. The second-order valence-electron chi connectivity index (χ2n) is 7.78. The molecule has 0 radical (unpaired) electrons. The lowest BCUT2D eigenvalue weighted by Crippen LogP contribution is -2.33. The van der Waals surface area contributed by atoms with E-state index in [0.717, 1.165) is 36.1 Å². The van der Waals surface area contributed by atoms with Crippen LogP contribution in [0.15, 0.2) is 45.8 Å². The number of anilines is 2. The summed E-state index contributed by atoms with van der Waals surface area (Å²) in [6, 6.07) is 11.0. The summed E-state index contributed by atoms with van der Waals surface area (Å²) >= 11 is 0. The number of aryl methyl sites for hydroxylation is 2. The summed E-state index contributed by atoms with van der Waals surface area (Å²) in [5, 5.41) is 12.5. The second kappa shape index (κ2) is 8.06. The normalized spacial score (nSPS) is 15.4. The molecule has 3 heterocycles. The molecule has 0 unspecified atom stereocenters. The van der Waals surface area contributed by atoms with Crippen LogP contribution in [0.1, 0.15) is 31.2 Å². The Labute approximate surface area is 176 Å². The fraction of sp³-hybridized carbons (Fsp3) is 0.381. The smallest absolute Gasteiger partial charge is 0.267 e. The van der Waals surface area contributed by atoms with E-state index in [1.807, 2.05) is 24.3 Å². The van der Waals surface area contributed by atoms with Crippen molar-refractivity contribution in [1.29, 1.82) is 0 Å². The topological polar surface area (TPSA) is 101 Å². The van der Waals surface area contributed by atoms with Gasteiger partial charge in [-0.15, -0.1) is 10.2 Å². The SMILES string of the molecule is Cc1noc(C)c1S(=O)(=O)Nc1ccc(-c2ccc(N3CCC(C)CC3)nn2)cc1. The molecule has 0 spiro atoms. The molecule has 1 saturated heterocycles. The van der Waals surface area contributed by atoms with Crippen LogP contribution < -0.4 is 9.62 Å². The Morgan fingerprint density at radius 2 is 1.73 bits per heavy atom. The summed E-state index contributed by atoms with van der Waals surface area (Å²) in [7, 11) is -3.77. The third-order valence-electron chi connectivity index (χ3n) is 5.43. The lowest BCUT2D eigenvalue weighted by molar-refractivity contribution is 0.390. The van der Waals surface area contributed by atoms with Gasteiger partial charge in [-0.3, -0.25) is 4.72 Å². The van der Waals surface area contributed by atoms with Gasteiger partial charge in [0, 0.05) is 24.3 Å². The highest BCUT2D eigenvalue weighted by atomic mass is 32.2. The highest BCUT2D eigenvalue weighted by Gasteiger charge is 2.24. The van der Waals surface area contributed by atoms with Crippen molar-refractivity contribution in [1.82, 2.24) is 15.4 Å². The molecular weight excluding hydrogens is 402 g/mol. The van der Waals surface area contributed by atoms with Crippen LogP contribution in [0.3, 0.4) is 0 Å². The number of hydrogen-bond acceptors (Lipinski definition) is 7. The van der Waals surface area contributed by atoms with E-state index < -0.39 is 10.0 Å². The minimum absolute atomic E-state index is 0.0696. The van der Waals surface area contributed by atoms with Crippen LogP contribution in [0.5, 0.6) is 0 Å². The third kappa shape index (κ3) is 4.16. The standard InChI is InChI=1S/C21H25N5O3S/c1-14-10-12-26(13-11-14)20-9-8-19(22-23-20)17-4-6-18(7-5-17)25-30(27,28)21-15(2)24-29-16(21)3/h4-9,14,25H,10-13H2,1-3H3. The number of piperidine rings is 1. The van der Waals surface area contributed by atoms with E-state index in [2.05, 4.69) is 31.9 Å². The summed E-state index contributed by atoms with van der Waals surface area (Å²) in [6.45, 7) is 7.47. The fourth-order valence-corrected chi connectivity index (χ4v) is 5.05. The average Bonchev–Trinajstić information content (AvgIpc) is 3.08. The molecule has 30 heavy (non-hydrogen) atoms. The molecule has 4 rings (SSSR count). The number of aromatic nitrogens is 3. The summed E-state index contributed by atoms with van der Waals surface area (Å²) in [6.07, 6.45) is 2.35. The molecule has 1 aromatic carbocycles. The van der Waals surface area contributed by atoms with Crippen molar-refractivity contribution in [3.63, 3.8) is 0 Å². The Hall–Kier alpha value is -2.94. The molecule has 0 atom stereocenters. The number of rotatable bonds is 5. The van der Waals surface area contributed by atoms with Crippen LogP contribution in [0.25, 0.3) is 11.3 Å². The Morgan fingerprint density at radius 1 is 1.03 bits per heavy atom. The zero-order chi connectivity index (χ0) is 21.3. The molecule has 1 aliphatic rings. The molecule has 1 fully saturated rings. The van der Waals surface area contributed by atoms with Gasteiger partial charge in [0.1, 0.15) is 5.69 Å². The summed E-state index contributed by atoms with van der Waals surface area (Å²) in [5.41, 5.74) is 2.38. The fourth-order valence-electron chi connectivity index (χ4n) is 3.66. The minimum Gasteiger partial charge on any atom is -0.360 e. The molecule has 0 bridgehead atoms. The minimum atomic E-state index is -3.77. The maximum absolute atomic E-state index is 12.6. The molecule has 0 aliphatic carbocycles. The maximum atomic E-state index is 12.6. The first-order chi connectivity index (χ1) is 14.3. The van der Waals surface area contributed by atoms with Crippen molar-refractivity contribution in [2.75, 3.05) is 22.7 Å². The number of hydrogen-bond donors (Lipinski definition) is 1. The van der Waals surface area contributed by atoms with Crippen molar-refractivity contribution in [3.05, 3.63) is 47.9 Å². The molecule has 0 amide bonds. The third-order valence-corrected chi connectivity index (χ3v) is 7.05. The molecule has 8 nitrogen and oxygen atoms in total. The highest BCUT2D eigenvalue weighted by Crippen LogP contribution is 2.26. The summed E-state index contributed by atoms with van der Waals surface area (Å²) < 4.78 is 32.8. The van der Waals surface area contributed by atoms with Crippen LogP contribution in [0.4, 0.5) is 11.5 Å². The number of benzene rings is 1. The van der Waals surface area contributed by atoms with Crippen molar-refractivity contribution >= 4 is 21.5 Å². The quantitative estimate of drug-likeness (QED) is 0.661. The zero-order valence-electron chi connectivity index (χ0n) is 17.3. The Kier molecular flexibility index (Phi) is 5.46. The van der Waals surface area contributed by atoms with E-state index in [0.29, 0.717) is 11.4 Å². The first-order valence-electron chi connectivity index (χ1n) is 9.98. The van der Waals surface area contributed by atoms with Gasteiger partial charge in [0.2, 0.25) is 0 Å². The van der Waals surface area contributed by atoms with Crippen LogP contribution in [0.2, 0.25) is 0 Å². The maximum Gasteiger partial charge on any atom is 0.267 e. The van der Waals surface area contributed by atoms with Gasteiger partial charge in [-0.25, -0.2) is 8.42 Å². The van der Waals surface area contributed by atoms with Gasteiger partial charge < -0.3 is 9.42 Å². The zero-order valence-corrected chi connectivity index (χ0v) is 18.1. The lowest BCUT2D eigenvalue weighted by atomic mass is 9.99. The van der Waals surface area contributed by atoms with Crippen molar-refractivity contribution < 1.29 is 12.9 Å². The van der Waals surface area contributed by atoms with E-state index >= 15 is 0 Å². The van der Waals surface area contributed by atoms with Gasteiger partial charge in [0.15, 0.2) is 16.5 Å². The van der Waals surface area contributed by atoms with E-state index in [1.54, 1.807) is 26.0 Å². The Bertz CT molecular complexity index is 1100. The number of nitrogens with one attached hydrogen (secondary N) is 1.